The highest BCUT2D eigenvalue weighted by Gasteiger charge is 2.49. The van der Waals surface area contributed by atoms with Crippen LogP contribution in [0.5, 0.6) is 28.7 Å². The first-order chi connectivity index (χ1) is 49.5. The minimum Gasteiger partial charge on any atom is -0.493 e. The SMILES string of the molecule is C=C1C[C@H]2C(O)N(C(=O)OCc3ccc(NC(=O)[C@H](C)NC(=O)[C@@H](NC(=O)CCOCCOC)C(C)C)cc3)c3cc(OCCCCCOc4cc5c(cc4OC)C(=O)N4CC(=C)C[C@H]4C(O)N5C(=O)OCc4ccc(O[C@@H]5OC[C@@H](O)[C@H](O)[C@H]5O)c(C(=O)CC(C)(C)C)c4)c(OC)cc3C(=O)N2C1. The molecule has 3 saturated heterocycles. The molecule has 0 bridgehead atoms. The van der Waals surface area contributed by atoms with Crippen LogP contribution in [0.4, 0.5) is 26.7 Å². The van der Waals surface area contributed by atoms with Gasteiger partial charge < -0.3 is 98.7 Å². The second-order valence-electron chi connectivity index (χ2n) is 27.8. The van der Waals surface area contributed by atoms with E-state index in [9.17, 15) is 63.9 Å². The van der Waals surface area contributed by atoms with Crippen molar-refractivity contribution in [3.8, 4) is 28.7 Å². The van der Waals surface area contributed by atoms with Gasteiger partial charge in [-0.2, -0.15) is 0 Å². The van der Waals surface area contributed by atoms with Crippen LogP contribution in [0.2, 0.25) is 0 Å². The van der Waals surface area contributed by atoms with Crippen molar-refractivity contribution < 1.29 is 111 Å². The van der Waals surface area contributed by atoms with Crippen LogP contribution in [0.3, 0.4) is 0 Å². The smallest absolute Gasteiger partial charge is 0.416 e. The summed E-state index contributed by atoms with van der Waals surface area (Å²) in [7, 11) is 4.32. The Labute approximate surface area is 603 Å². The van der Waals surface area contributed by atoms with Gasteiger partial charge >= 0.3 is 12.2 Å². The molecule has 5 aliphatic heterocycles. The molecule has 0 aliphatic carbocycles. The molecule has 8 N–H and O–H groups in total. The molecule has 564 valence electrons. The molecule has 4 aromatic rings. The third-order valence-electron chi connectivity index (χ3n) is 18.2. The van der Waals surface area contributed by atoms with E-state index in [2.05, 4.69) is 29.1 Å². The lowest BCUT2D eigenvalue weighted by Crippen LogP contribution is -2.54. The predicted molar refractivity (Wildman–Crippen MR) is 375 cm³/mol. The minimum absolute atomic E-state index is 0.00213. The number of methoxy groups -OCH3 is 3. The number of Topliss-reactive ketones (excluding diaryl/α,β-unsaturated/α-hetero) is 1. The maximum Gasteiger partial charge on any atom is 0.416 e. The van der Waals surface area contributed by atoms with E-state index < -0.39 is 109 Å². The third kappa shape index (κ3) is 18.9. The maximum absolute atomic E-state index is 14.5. The molecular formula is C74H95N7O23. The quantitative estimate of drug-likeness (QED) is 0.0171. The van der Waals surface area contributed by atoms with Gasteiger partial charge in [0.05, 0.1) is 94.0 Å². The lowest BCUT2D eigenvalue weighted by atomic mass is 9.87. The number of fused-ring (bicyclic) bond motifs is 4. The molecule has 9 rings (SSSR count). The summed E-state index contributed by atoms with van der Waals surface area (Å²) in [6, 6.07) is 12.8. The molecule has 3 fully saturated rings. The highest BCUT2D eigenvalue weighted by Crippen LogP contribution is 2.45. The zero-order valence-corrected chi connectivity index (χ0v) is 60.0. The first kappa shape index (κ1) is 78.7. The van der Waals surface area contributed by atoms with E-state index in [1.807, 2.05) is 20.8 Å². The summed E-state index contributed by atoms with van der Waals surface area (Å²) in [5, 5.41) is 63.2. The number of amides is 7. The number of anilines is 3. The Morgan fingerprint density at radius 2 is 1.16 bits per heavy atom. The summed E-state index contributed by atoms with van der Waals surface area (Å²) in [5.41, 5.74) is 2.09. The fourth-order valence-corrected chi connectivity index (χ4v) is 12.6. The number of ketones is 1. The molecule has 5 heterocycles. The number of nitrogens with one attached hydrogen (secondary N) is 3. The van der Waals surface area contributed by atoms with E-state index in [4.69, 9.17) is 47.4 Å². The number of carbonyl (C=O) groups excluding carboxylic acids is 8. The summed E-state index contributed by atoms with van der Waals surface area (Å²) >= 11 is 0. The average Bonchev–Trinajstić information content (AvgIpc) is 1.59. The van der Waals surface area contributed by atoms with Gasteiger partial charge in [0.1, 0.15) is 49.4 Å². The monoisotopic (exact) mass is 1450 g/mol. The van der Waals surface area contributed by atoms with Crippen LogP contribution in [0.25, 0.3) is 0 Å². The summed E-state index contributed by atoms with van der Waals surface area (Å²) < 4.78 is 57.4. The van der Waals surface area contributed by atoms with Gasteiger partial charge in [0.25, 0.3) is 11.8 Å². The second-order valence-corrected chi connectivity index (χ2v) is 27.8. The normalized spacial score (nSPS) is 21.3. The molecule has 0 aromatic heterocycles. The topological polar surface area (TPSA) is 379 Å². The number of aliphatic hydroxyl groups is 5. The molecule has 5 aliphatic rings. The number of rotatable bonds is 30. The van der Waals surface area contributed by atoms with Gasteiger partial charge in [-0.15, -0.1) is 0 Å². The minimum atomic E-state index is -1.65. The highest BCUT2D eigenvalue weighted by atomic mass is 16.7. The summed E-state index contributed by atoms with van der Waals surface area (Å²) in [4.78, 5) is 115. The number of aliphatic hydroxyl groups excluding tert-OH is 5. The Morgan fingerprint density at radius 1 is 0.625 bits per heavy atom. The van der Waals surface area contributed by atoms with Crippen LogP contribution in [-0.2, 0) is 51.3 Å². The number of unbranched alkanes of at least 4 members (excludes halogenated alkanes) is 2. The first-order valence-electron chi connectivity index (χ1n) is 34.5. The van der Waals surface area contributed by atoms with Crippen molar-refractivity contribution in [2.75, 3.05) is 89.2 Å². The molecule has 2 unspecified atom stereocenters. The number of ether oxygens (including phenoxy) is 10. The summed E-state index contributed by atoms with van der Waals surface area (Å²) in [6.45, 7) is 19.0. The lowest BCUT2D eigenvalue weighted by molar-refractivity contribution is -0.242. The molecule has 0 spiro atoms. The fourth-order valence-electron chi connectivity index (χ4n) is 12.6. The number of carbonyl (C=O) groups is 8. The molecule has 104 heavy (non-hydrogen) atoms. The lowest BCUT2D eigenvalue weighted by Gasteiger charge is -2.35. The molecule has 7 amide bonds. The molecule has 0 saturated carbocycles. The molecule has 10 atom stereocenters. The van der Waals surface area contributed by atoms with E-state index in [0.717, 1.165) is 9.80 Å². The van der Waals surface area contributed by atoms with Crippen LogP contribution in [-0.4, -0.2) is 218 Å². The van der Waals surface area contributed by atoms with Crippen LogP contribution >= 0.6 is 0 Å². The van der Waals surface area contributed by atoms with Crippen molar-refractivity contribution in [3.05, 3.63) is 119 Å². The van der Waals surface area contributed by atoms with Crippen molar-refractivity contribution >= 4 is 64.6 Å². The third-order valence-corrected chi connectivity index (χ3v) is 18.2. The van der Waals surface area contributed by atoms with Gasteiger partial charge in [0.2, 0.25) is 24.0 Å². The van der Waals surface area contributed by atoms with Gasteiger partial charge in [-0.3, -0.25) is 28.8 Å². The Hall–Kier alpha value is -9.40. The Kier molecular flexibility index (Phi) is 26.4. The summed E-state index contributed by atoms with van der Waals surface area (Å²) in [6.07, 6.45) is -9.42. The van der Waals surface area contributed by atoms with Crippen molar-refractivity contribution in [2.45, 2.75) is 161 Å². The molecule has 30 nitrogen and oxygen atoms in total. The standard InChI is InChI=1S/C74H95N7O23/c1-40(2)62(77-61(84)21-24-98-26-25-95-9)66(88)75-43(5)65(87)76-46-18-15-44(16-19-46)37-102-72(93)80-50-32-59(57(96-10)30-47(50)67(89)78-35-41(3)27-52(78)69(80)91)99-22-13-12-14-23-100-60-33-51-48(31-58(60)97-11)68(90)79-36-42(4)28-53(79)70(92)81(51)73(94)103-38-45-17-20-56(49(29-45)54(82)34-74(6,7)8)104-71-64(86)63(85)55(83)39-101-71/h15-20,29-33,40,43,52-53,55,62-64,69-71,83,85-86,91-92H,3-4,12-14,21-28,34-39H2,1-2,5-11H3,(H,75,88)(H,76,87)(H,77,84)/t43-,52-,53-,55+,62-,63-,64+,69?,70?,71-/m0/s1. The largest absolute Gasteiger partial charge is 0.493 e. The van der Waals surface area contributed by atoms with E-state index in [0.29, 0.717) is 60.4 Å². The van der Waals surface area contributed by atoms with Crippen molar-refractivity contribution in [1.82, 2.24) is 20.4 Å². The molecule has 0 radical (unpaired) electrons. The van der Waals surface area contributed by atoms with Crippen molar-refractivity contribution in [1.29, 1.82) is 0 Å². The zero-order chi connectivity index (χ0) is 75.4. The predicted octanol–water partition coefficient (Wildman–Crippen LogP) is 5.90. The van der Waals surface area contributed by atoms with E-state index in [1.54, 1.807) is 38.1 Å². The second kappa shape index (κ2) is 34.9. The molecule has 30 heteroatoms. The van der Waals surface area contributed by atoms with Gasteiger partial charge in [-0.25, -0.2) is 19.4 Å². The van der Waals surface area contributed by atoms with E-state index in [-0.39, 0.29) is 146 Å². The molecule has 4 aromatic carbocycles. The number of nitrogens with zero attached hydrogens (tertiary/aromatic N) is 4. The van der Waals surface area contributed by atoms with Crippen LogP contribution in [0, 0.1) is 11.3 Å². The van der Waals surface area contributed by atoms with Crippen LogP contribution in [0.1, 0.15) is 129 Å². The van der Waals surface area contributed by atoms with Gasteiger partial charge in [-0.1, -0.05) is 77.1 Å². The van der Waals surface area contributed by atoms with Crippen LogP contribution < -0.4 is 49.4 Å². The summed E-state index contributed by atoms with van der Waals surface area (Å²) in [5.74, 6) is -2.51. The van der Waals surface area contributed by atoms with Gasteiger partial charge in [0.15, 0.2) is 41.2 Å². The van der Waals surface area contributed by atoms with E-state index >= 15 is 0 Å². The number of benzene rings is 4. The van der Waals surface area contributed by atoms with E-state index in [1.165, 1.54) is 80.5 Å². The van der Waals surface area contributed by atoms with Crippen molar-refractivity contribution in [2.24, 2.45) is 11.3 Å². The van der Waals surface area contributed by atoms with Crippen LogP contribution in [0.15, 0.2) is 91.0 Å². The average molecular weight is 1450 g/mol. The first-order valence-corrected chi connectivity index (χ1v) is 34.5. The molecular weight excluding hydrogens is 1350 g/mol. The Balaban J connectivity index is 0.831. The highest BCUT2D eigenvalue weighted by molar-refractivity contribution is 6.08. The maximum atomic E-state index is 14.5. The van der Waals surface area contributed by atoms with Crippen molar-refractivity contribution in [3.63, 3.8) is 0 Å². The van der Waals surface area contributed by atoms with Gasteiger partial charge in [0, 0.05) is 50.9 Å². The number of hydrogen-bond donors (Lipinski definition) is 8. The Morgan fingerprint density at radius 3 is 1.68 bits per heavy atom. The van der Waals surface area contributed by atoms with Gasteiger partial charge in [-0.05, 0) is 97.9 Å². The fraction of sp³-hybridized carbons (Fsp3) is 0.514. The zero-order valence-electron chi connectivity index (χ0n) is 60.0. The Bertz CT molecular complexity index is 3820. The number of hydrogen-bond acceptors (Lipinski definition) is 23.